The zero-order valence-corrected chi connectivity index (χ0v) is 21.1. The highest BCUT2D eigenvalue weighted by Crippen LogP contribution is 2.34. The third kappa shape index (κ3) is 7.66. The Morgan fingerprint density at radius 3 is 1.94 bits per heavy atom. The third-order valence-electron chi connectivity index (χ3n) is 4.28. The minimum Gasteiger partial charge on any atom is -0.351 e. The van der Waals surface area contributed by atoms with E-state index in [9.17, 15) is 14.9 Å². The first-order chi connectivity index (χ1) is 16.0. The maximum Gasteiger partial charge on any atom is 0.230 e. The number of benzene rings is 2. The Hall–Kier alpha value is -2.22. The van der Waals surface area contributed by atoms with Gasteiger partial charge in [0.25, 0.3) is 0 Å². The van der Waals surface area contributed by atoms with E-state index in [2.05, 4.69) is 21.1 Å². The molecule has 0 fully saturated rings. The lowest BCUT2D eigenvalue weighted by molar-refractivity contribution is -0.119. The Morgan fingerprint density at radius 1 is 0.909 bits per heavy atom. The number of aromatic nitrogens is 1. The smallest absolute Gasteiger partial charge is 0.230 e. The molecule has 0 aliphatic rings. The molecular formula is C22H18Cl2N4O2S3. The van der Waals surface area contributed by atoms with E-state index in [4.69, 9.17) is 23.2 Å². The van der Waals surface area contributed by atoms with Crippen LogP contribution in [0.15, 0.2) is 57.8 Å². The zero-order valence-electron chi connectivity index (χ0n) is 17.1. The van der Waals surface area contributed by atoms with Crippen LogP contribution in [0.25, 0.3) is 0 Å². The second kappa shape index (κ2) is 12.9. The Labute approximate surface area is 214 Å². The topological polar surface area (TPSA) is 94.9 Å². The summed E-state index contributed by atoms with van der Waals surface area (Å²) in [6, 6.07) is 16.7. The second-order valence-corrected chi connectivity index (χ2v) is 10.4. The van der Waals surface area contributed by atoms with Crippen LogP contribution in [0, 0.1) is 11.3 Å². The van der Waals surface area contributed by atoms with Gasteiger partial charge in [0, 0.05) is 23.1 Å². The number of nitrogens with one attached hydrogen (secondary N) is 2. The van der Waals surface area contributed by atoms with Crippen LogP contribution in [-0.2, 0) is 22.7 Å². The maximum absolute atomic E-state index is 12.2. The van der Waals surface area contributed by atoms with Crippen LogP contribution >= 0.6 is 58.3 Å². The van der Waals surface area contributed by atoms with Crippen molar-refractivity contribution in [3.8, 4) is 6.07 Å². The highest BCUT2D eigenvalue weighted by Gasteiger charge is 2.17. The molecule has 0 saturated carbocycles. The van der Waals surface area contributed by atoms with Crippen molar-refractivity contribution in [3.63, 3.8) is 0 Å². The van der Waals surface area contributed by atoms with Gasteiger partial charge in [0.1, 0.15) is 20.9 Å². The van der Waals surface area contributed by atoms with Gasteiger partial charge in [-0.05, 0) is 34.8 Å². The molecule has 0 spiro atoms. The monoisotopic (exact) mass is 536 g/mol. The molecule has 2 aromatic carbocycles. The molecule has 0 atom stereocenters. The number of rotatable bonds is 10. The molecule has 0 aliphatic heterocycles. The molecule has 1 heterocycles. The van der Waals surface area contributed by atoms with Gasteiger partial charge < -0.3 is 10.6 Å². The van der Waals surface area contributed by atoms with Gasteiger partial charge in [0.05, 0.1) is 11.5 Å². The number of thioether (sulfide) groups is 2. The summed E-state index contributed by atoms with van der Waals surface area (Å²) >= 11 is 15.8. The van der Waals surface area contributed by atoms with Crippen molar-refractivity contribution in [1.82, 2.24) is 15.0 Å². The molecule has 0 radical (unpaired) electrons. The van der Waals surface area contributed by atoms with Gasteiger partial charge >= 0.3 is 0 Å². The van der Waals surface area contributed by atoms with Crippen molar-refractivity contribution in [2.45, 2.75) is 22.3 Å². The third-order valence-corrected chi connectivity index (χ3v) is 8.21. The fraction of sp³-hybridized carbons (Fsp3) is 0.182. The number of nitriles is 1. The largest absolute Gasteiger partial charge is 0.351 e. The van der Waals surface area contributed by atoms with Crippen LogP contribution in [0.1, 0.15) is 16.7 Å². The van der Waals surface area contributed by atoms with Gasteiger partial charge in [-0.25, -0.2) is 0 Å². The fourth-order valence-electron chi connectivity index (χ4n) is 2.59. The highest BCUT2D eigenvalue weighted by molar-refractivity contribution is 8.02. The molecule has 3 rings (SSSR count). The summed E-state index contributed by atoms with van der Waals surface area (Å²) in [6.07, 6.45) is 0. The van der Waals surface area contributed by atoms with Crippen molar-refractivity contribution in [2.75, 3.05) is 11.5 Å². The van der Waals surface area contributed by atoms with E-state index in [1.807, 2.05) is 36.4 Å². The molecule has 2 N–H and O–H groups in total. The normalized spacial score (nSPS) is 10.5. The number of amides is 2. The van der Waals surface area contributed by atoms with E-state index < -0.39 is 0 Å². The Morgan fingerprint density at radius 2 is 1.42 bits per heavy atom. The number of halogens is 2. The average molecular weight is 538 g/mol. The van der Waals surface area contributed by atoms with Crippen molar-refractivity contribution >= 4 is 70.1 Å². The maximum atomic E-state index is 12.2. The summed E-state index contributed by atoms with van der Waals surface area (Å²) < 4.78 is 4.93. The van der Waals surface area contributed by atoms with Gasteiger partial charge in [-0.2, -0.15) is 9.64 Å². The van der Waals surface area contributed by atoms with Crippen molar-refractivity contribution in [3.05, 3.63) is 75.3 Å². The first-order valence-corrected chi connectivity index (χ1v) is 13.1. The second-order valence-electron chi connectivity index (χ2n) is 6.58. The standard InChI is InChI=1S/C22H18Cl2N4O2S3/c23-17-7-3-1-5-14(17)10-26-19(29)12-31-21-16(9-25)22(33-28-21)32-13-20(30)27-11-15-6-2-4-8-18(15)24/h1-8H,10-13H2,(H,26,29)(H,27,30). The molecule has 11 heteroatoms. The minimum atomic E-state index is -0.190. The summed E-state index contributed by atoms with van der Waals surface area (Å²) in [7, 11) is 0. The Kier molecular flexibility index (Phi) is 9.91. The van der Waals surface area contributed by atoms with Crippen molar-refractivity contribution in [1.29, 1.82) is 5.26 Å². The van der Waals surface area contributed by atoms with Crippen LogP contribution in [0.2, 0.25) is 10.0 Å². The van der Waals surface area contributed by atoms with Gasteiger partial charge in [-0.15, -0.1) is 11.8 Å². The molecule has 6 nitrogen and oxygen atoms in total. The molecule has 0 saturated heterocycles. The molecule has 1 aromatic heterocycles. The number of carbonyl (C=O) groups is 2. The zero-order chi connectivity index (χ0) is 23.6. The summed E-state index contributed by atoms with van der Waals surface area (Å²) in [6.45, 7) is 0.656. The van der Waals surface area contributed by atoms with E-state index in [1.54, 1.807) is 12.1 Å². The van der Waals surface area contributed by atoms with Crippen LogP contribution in [0.5, 0.6) is 0 Å². The Bertz CT molecular complexity index is 1100. The molecule has 33 heavy (non-hydrogen) atoms. The van der Waals surface area contributed by atoms with E-state index >= 15 is 0 Å². The lowest BCUT2D eigenvalue weighted by Gasteiger charge is -2.06. The lowest BCUT2D eigenvalue weighted by Crippen LogP contribution is -2.24. The van der Waals surface area contributed by atoms with Gasteiger partial charge in [-0.3, -0.25) is 9.59 Å². The number of hydrogen-bond donors (Lipinski definition) is 2. The molecule has 2 amide bonds. The van der Waals surface area contributed by atoms with Crippen molar-refractivity contribution < 1.29 is 9.59 Å². The molecule has 0 bridgehead atoms. The minimum absolute atomic E-state index is 0.116. The van der Waals surface area contributed by atoms with Crippen molar-refractivity contribution in [2.24, 2.45) is 0 Å². The van der Waals surface area contributed by atoms with Gasteiger partial charge in [0.15, 0.2) is 0 Å². The van der Waals surface area contributed by atoms with E-state index in [0.717, 1.165) is 22.7 Å². The SMILES string of the molecule is N#Cc1c(SCC(=O)NCc2ccccc2Cl)nsc1SCC(=O)NCc1ccccc1Cl. The molecule has 0 aliphatic carbocycles. The number of nitrogens with zero attached hydrogens (tertiary/aromatic N) is 2. The highest BCUT2D eigenvalue weighted by atomic mass is 35.5. The lowest BCUT2D eigenvalue weighted by atomic mass is 10.2. The number of hydrogen-bond acceptors (Lipinski definition) is 7. The van der Waals surface area contributed by atoms with E-state index in [1.165, 1.54) is 23.5 Å². The fourth-order valence-corrected chi connectivity index (χ4v) is 5.75. The first-order valence-electron chi connectivity index (χ1n) is 9.63. The molecular weight excluding hydrogens is 519 g/mol. The van der Waals surface area contributed by atoms with E-state index in [-0.39, 0.29) is 23.3 Å². The molecule has 0 unspecified atom stereocenters. The van der Waals surface area contributed by atoms with Crippen LogP contribution in [0.4, 0.5) is 0 Å². The predicted molar refractivity (Wildman–Crippen MR) is 135 cm³/mol. The first kappa shape index (κ1) is 25.4. The molecule has 170 valence electrons. The van der Waals surface area contributed by atoms with Crippen LogP contribution < -0.4 is 10.6 Å². The Balaban J connectivity index is 1.46. The summed E-state index contributed by atoms with van der Waals surface area (Å²) in [5.41, 5.74) is 2.04. The predicted octanol–water partition coefficient (Wildman–Crippen LogP) is 5.14. The summed E-state index contributed by atoms with van der Waals surface area (Å²) in [5.74, 6) is -0.106. The number of carbonyl (C=O) groups excluding carboxylic acids is 2. The van der Waals surface area contributed by atoms with E-state index in [0.29, 0.717) is 37.9 Å². The van der Waals surface area contributed by atoms with Gasteiger partial charge in [-0.1, -0.05) is 71.4 Å². The van der Waals surface area contributed by atoms with Crippen LogP contribution in [0.3, 0.4) is 0 Å². The molecule has 3 aromatic rings. The summed E-state index contributed by atoms with van der Waals surface area (Å²) in [5, 5.41) is 16.8. The van der Waals surface area contributed by atoms with Crippen LogP contribution in [-0.4, -0.2) is 27.7 Å². The van der Waals surface area contributed by atoms with Gasteiger partial charge in [0.2, 0.25) is 11.8 Å². The quantitative estimate of drug-likeness (QED) is 0.348. The average Bonchev–Trinajstić information content (AvgIpc) is 3.22. The summed E-state index contributed by atoms with van der Waals surface area (Å²) in [4.78, 5) is 24.4.